The molecular formula is C17H11F3N2O2. The van der Waals surface area contributed by atoms with Gasteiger partial charge in [0.1, 0.15) is 28.7 Å². The van der Waals surface area contributed by atoms with Crippen molar-refractivity contribution >= 4 is 5.91 Å². The molecule has 0 aliphatic heterocycles. The van der Waals surface area contributed by atoms with Gasteiger partial charge in [-0.05, 0) is 24.3 Å². The lowest BCUT2D eigenvalue weighted by atomic mass is 10.1. The van der Waals surface area contributed by atoms with E-state index >= 15 is 0 Å². The van der Waals surface area contributed by atoms with Crippen molar-refractivity contribution in [1.82, 2.24) is 10.5 Å². The van der Waals surface area contributed by atoms with Crippen LogP contribution in [0.5, 0.6) is 0 Å². The van der Waals surface area contributed by atoms with Gasteiger partial charge in [0.2, 0.25) is 0 Å². The normalized spacial score (nSPS) is 10.6. The molecule has 1 amide bonds. The Labute approximate surface area is 134 Å². The fourth-order valence-corrected chi connectivity index (χ4v) is 2.16. The largest absolute Gasteiger partial charge is 0.356 e. The zero-order chi connectivity index (χ0) is 17.1. The van der Waals surface area contributed by atoms with E-state index in [4.69, 9.17) is 4.52 Å². The Balaban J connectivity index is 1.72. The molecule has 3 aromatic rings. The summed E-state index contributed by atoms with van der Waals surface area (Å²) in [5.41, 5.74) is -0.156. The Morgan fingerprint density at radius 3 is 2.38 bits per heavy atom. The monoisotopic (exact) mass is 332 g/mol. The number of aromatic nitrogens is 1. The highest BCUT2D eigenvalue weighted by atomic mass is 19.1. The number of carbonyl (C=O) groups excluding carboxylic acids is 1. The maximum Gasteiger partial charge on any atom is 0.257 e. The molecule has 0 spiro atoms. The maximum absolute atomic E-state index is 13.7. The average molecular weight is 332 g/mol. The first-order valence-electron chi connectivity index (χ1n) is 6.99. The Kier molecular flexibility index (Phi) is 4.33. The molecule has 0 saturated heterocycles. The summed E-state index contributed by atoms with van der Waals surface area (Å²) < 4.78 is 45.7. The number of halogens is 3. The summed E-state index contributed by atoms with van der Waals surface area (Å²) in [6.45, 7) is -0.120. The number of nitrogens with one attached hydrogen (secondary N) is 1. The average Bonchev–Trinajstić information content (AvgIpc) is 3.02. The minimum atomic E-state index is -0.959. The van der Waals surface area contributed by atoms with E-state index in [-0.39, 0.29) is 17.9 Å². The second-order valence-corrected chi connectivity index (χ2v) is 4.94. The van der Waals surface area contributed by atoms with Crippen molar-refractivity contribution < 1.29 is 22.5 Å². The van der Waals surface area contributed by atoms with Crippen LogP contribution < -0.4 is 5.32 Å². The number of rotatable bonds is 4. The predicted molar refractivity (Wildman–Crippen MR) is 79.4 cm³/mol. The minimum Gasteiger partial charge on any atom is -0.356 e. The first-order valence-corrected chi connectivity index (χ1v) is 6.99. The van der Waals surface area contributed by atoms with Gasteiger partial charge in [-0.1, -0.05) is 23.4 Å². The summed E-state index contributed by atoms with van der Waals surface area (Å²) >= 11 is 0. The van der Waals surface area contributed by atoms with Crippen LogP contribution in [0.15, 0.2) is 53.1 Å². The maximum atomic E-state index is 13.7. The number of amides is 1. The van der Waals surface area contributed by atoms with Crippen LogP contribution in [0.4, 0.5) is 13.2 Å². The van der Waals surface area contributed by atoms with Crippen LogP contribution in [0, 0.1) is 17.5 Å². The van der Waals surface area contributed by atoms with Gasteiger partial charge in [-0.25, -0.2) is 13.2 Å². The molecule has 2 aromatic carbocycles. The van der Waals surface area contributed by atoms with Gasteiger partial charge >= 0.3 is 0 Å². The third-order valence-electron chi connectivity index (χ3n) is 3.32. The number of hydrogen-bond donors (Lipinski definition) is 1. The van der Waals surface area contributed by atoms with Crippen molar-refractivity contribution in [2.24, 2.45) is 0 Å². The van der Waals surface area contributed by atoms with E-state index in [9.17, 15) is 18.0 Å². The molecule has 0 aliphatic rings. The van der Waals surface area contributed by atoms with Crippen molar-refractivity contribution in [3.8, 4) is 11.3 Å². The van der Waals surface area contributed by atoms with Gasteiger partial charge in [-0.15, -0.1) is 0 Å². The molecule has 7 heteroatoms. The Morgan fingerprint density at radius 2 is 1.67 bits per heavy atom. The van der Waals surface area contributed by atoms with Crippen molar-refractivity contribution in [3.63, 3.8) is 0 Å². The zero-order valence-corrected chi connectivity index (χ0v) is 12.2. The summed E-state index contributed by atoms with van der Waals surface area (Å²) in [4.78, 5) is 11.9. The fraction of sp³-hybridized carbons (Fsp3) is 0.0588. The second kappa shape index (κ2) is 6.57. The Hall–Kier alpha value is -3.09. The standard InChI is InChI=1S/C17H11F3N2O2/c18-12-5-2-1-4-11(12)15-8-10(22-24-15)9-21-17(23)16-13(19)6-3-7-14(16)20/h1-8H,9H2,(H,21,23). The summed E-state index contributed by atoms with van der Waals surface area (Å²) in [5.74, 6) is -3.12. The van der Waals surface area contributed by atoms with E-state index in [1.165, 1.54) is 24.3 Å². The number of nitrogens with zero attached hydrogens (tertiary/aromatic N) is 1. The predicted octanol–water partition coefficient (Wildman–Crippen LogP) is 3.69. The minimum absolute atomic E-state index is 0.120. The van der Waals surface area contributed by atoms with Crippen molar-refractivity contribution in [2.75, 3.05) is 0 Å². The molecular weight excluding hydrogens is 321 g/mol. The topological polar surface area (TPSA) is 55.1 Å². The van der Waals surface area contributed by atoms with Crippen LogP contribution >= 0.6 is 0 Å². The molecule has 0 unspecified atom stereocenters. The van der Waals surface area contributed by atoms with Crippen LogP contribution in [0.3, 0.4) is 0 Å². The van der Waals surface area contributed by atoms with Crippen molar-refractivity contribution in [1.29, 1.82) is 0 Å². The highest BCUT2D eigenvalue weighted by Gasteiger charge is 2.17. The third-order valence-corrected chi connectivity index (χ3v) is 3.32. The lowest BCUT2D eigenvalue weighted by molar-refractivity contribution is 0.0941. The number of carbonyl (C=O) groups is 1. The van der Waals surface area contributed by atoms with Gasteiger partial charge in [0.15, 0.2) is 5.76 Å². The van der Waals surface area contributed by atoms with Gasteiger partial charge in [0.05, 0.1) is 12.1 Å². The molecule has 3 rings (SSSR count). The molecule has 122 valence electrons. The van der Waals surface area contributed by atoms with E-state index in [0.29, 0.717) is 5.69 Å². The van der Waals surface area contributed by atoms with Crippen LogP contribution in [0.2, 0.25) is 0 Å². The van der Waals surface area contributed by atoms with E-state index in [0.717, 1.165) is 12.1 Å². The van der Waals surface area contributed by atoms with Crippen LogP contribution in [-0.4, -0.2) is 11.1 Å². The van der Waals surface area contributed by atoms with E-state index in [2.05, 4.69) is 10.5 Å². The fourth-order valence-electron chi connectivity index (χ4n) is 2.16. The molecule has 1 N–H and O–H groups in total. The zero-order valence-electron chi connectivity index (χ0n) is 12.2. The summed E-state index contributed by atoms with van der Waals surface area (Å²) in [6.07, 6.45) is 0. The summed E-state index contributed by atoms with van der Waals surface area (Å²) in [5, 5.41) is 6.04. The summed E-state index contributed by atoms with van der Waals surface area (Å²) in [7, 11) is 0. The summed E-state index contributed by atoms with van der Waals surface area (Å²) in [6, 6.07) is 10.6. The van der Waals surface area contributed by atoms with Crippen LogP contribution in [-0.2, 0) is 6.54 Å². The molecule has 0 radical (unpaired) electrons. The highest BCUT2D eigenvalue weighted by Crippen LogP contribution is 2.23. The molecule has 4 nitrogen and oxygen atoms in total. The molecule has 1 aromatic heterocycles. The molecule has 0 aliphatic carbocycles. The van der Waals surface area contributed by atoms with Crippen LogP contribution in [0.25, 0.3) is 11.3 Å². The molecule has 1 heterocycles. The third kappa shape index (κ3) is 3.15. The van der Waals surface area contributed by atoms with Gasteiger partial charge in [-0.3, -0.25) is 4.79 Å². The van der Waals surface area contributed by atoms with Gasteiger partial charge in [-0.2, -0.15) is 0 Å². The number of hydrogen-bond acceptors (Lipinski definition) is 3. The highest BCUT2D eigenvalue weighted by molar-refractivity contribution is 5.94. The second-order valence-electron chi connectivity index (χ2n) is 4.94. The molecule has 0 bridgehead atoms. The van der Waals surface area contributed by atoms with Crippen molar-refractivity contribution in [2.45, 2.75) is 6.54 Å². The quantitative estimate of drug-likeness (QED) is 0.793. The number of benzene rings is 2. The SMILES string of the molecule is O=C(NCc1cc(-c2ccccc2F)on1)c1c(F)cccc1F. The van der Waals surface area contributed by atoms with Crippen molar-refractivity contribution in [3.05, 3.63) is 77.2 Å². The molecule has 0 saturated carbocycles. The van der Waals surface area contributed by atoms with Gasteiger partial charge < -0.3 is 9.84 Å². The first-order chi connectivity index (χ1) is 11.6. The van der Waals surface area contributed by atoms with Gasteiger partial charge in [0, 0.05) is 6.07 Å². The van der Waals surface area contributed by atoms with Crippen LogP contribution in [0.1, 0.15) is 16.1 Å². The van der Waals surface area contributed by atoms with E-state index in [1.54, 1.807) is 12.1 Å². The lowest BCUT2D eigenvalue weighted by Gasteiger charge is -2.05. The lowest BCUT2D eigenvalue weighted by Crippen LogP contribution is -2.25. The van der Waals surface area contributed by atoms with E-state index < -0.39 is 28.9 Å². The van der Waals surface area contributed by atoms with Gasteiger partial charge in [0.25, 0.3) is 5.91 Å². The Morgan fingerprint density at radius 1 is 1.00 bits per heavy atom. The molecule has 0 fully saturated rings. The Bertz CT molecular complexity index is 873. The molecule has 24 heavy (non-hydrogen) atoms. The molecule has 0 atom stereocenters. The smallest absolute Gasteiger partial charge is 0.257 e. The van der Waals surface area contributed by atoms with E-state index in [1.807, 2.05) is 0 Å². The first kappa shape index (κ1) is 15.8.